The molecule has 5 rings (SSSR count). The second kappa shape index (κ2) is 11.3. The minimum Gasteiger partial charge on any atom is -0.264 e. The van der Waals surface area contributed by atoms with Crippen molar-refractivity contribution < 1.29 is 0 Å². The van der Waals surface area contributed by atoms with Crippen molar-refractivity contribution in [1.82, 2.24) is 4.98 Å². The lowest BCUT2D eigenvalue weighted by Crippen LogP contribution is -2.23. The van der Waals surface area contributed by atoms with Crippen LogP contribution in [0.2, 0.25) is 0 Å². The number of hydrogen-bond acceptors (Lipinski definition) is 1. The highest BCUT2D eigenvalue weighted by atomic mass is 31.1. The van der Waals surface area contributed by atoms with Crippen LogP contribution in [0.3, 0.4) is 0 Å². The highest BCUT2D eigenvalue weighted by molar-refractivity contribution is 7.76. The Bertz CT molecular complexity index is 1180. The summed E-state index contributed by atoms with van der Waals surface area (Å²) in [5, 5.41) is 5.67. The second-order valence-electron chi connectivity index (χ2n) is 8.12. The molecule has 0 aliphatic heterocycles. The highest BCUT2D eigenvalue weighted by Crippen LogP contribution is 2.54. The minimum absolute atomic E-state index is 0.347. The van der Waals surface area contributed by atoms with Crippen LogP contribution in [-0.2, 0) is 0 Å². The molecule has 0 amide bonds. The van der Waals surface area contributed by atoms with Crippen molar-refractivity contribution in [2.24, 2.45) is 0 Å². The molecule has 1 aromatic heterocycles. The first kappa shape index (κ1) is 22.7. The summed E-state index contributed by atoms with van der Waals surface area (Å²) in [6, 6.07) is 48.6. The Balaban J connectivity index is 1.66. The van der Waals surface area contributed by atoms with Crippen LogP contribution >= 0.6 is 15.8 Å². The summed E-state index contributed by atoms with van der Waals surface area (Å²) < 4.78 is 0. The first-order valence-electron chi connectivity index (χ1n) is 11.6. The van der Waals surface area contributed by atoms with Crippen LogP contribution in [0, 0.1) is 0 Å². The molecule has 0 aliphatic rings. The lowest BCUT2D eigenvalue weighted by molar-refractivity contribution is 1.07. The zero-order valence-electron chi connectivity index (χ0n) is 19.0. The molecule has 3 heteroatoms. The molecule has 0 spiro atoms. The fourth-order valence-corrected chi connectivity index (χ4v) is 10.3. The summed E-state index contributed by atoms with van der Waals surface area (Å²) in [6.07, 6.45) is 5.03. The maximum atomic E-state index is 4.55. The van der Waals surface area contributed by atoms with Crippen molar-refractivity contribution in [2.45, 2.75) is 5.66 Å². The van der Waals surface area contributed by atoms with Crippen molar-refractivity contribution in [3.8, 4) is 0 Å². The first-order valence-corrected chi connectivity index (χ1v) is 14.5. The van der Waals surface area contributed by atoms with Gasteiger partial charge in [0.1, 0.15) is 0 Å². The molecule has 0 N–H and O–H groups in total. The lowest BCUT2D eigenvalue weighted by atomic mass is 10.2. The van der Waals surface area contributed by atoms with Gasteiger partial charge < -0.3 is 0 Å². The molecule has 1 nitrogen and oxygen atoms in total. The molecule has 0 radical (unpaired) electrons. The number of benzene rings is 4. The molecular weight excluding hydrogens is 448 g/mol. The van der Waals surface area contributed by atoms with Crippen LogP contribution in [-0.4, -0.2) is 11.1 Å². The lowest BCUT2D eigenvalue weighted by Gasteiger charge is -2.32. The van der Waals surface area contributed by atoms with Gasteiger partial charge in [0.2, 0.25) is 0 Å². The Hall–Kier alpha value is -3.11. The predicted octanol–water partition coefficient (Wildman–Crippen LogP) is 6.39. The van der Waals surface area contributed by atoms with Crippen LogP contribution in [0.1, 0.15) is 11.2 Å². The summed E-state index contributed by atoms with van der Waals surface area (Å²) in [4.78, 5) is 4.55. The second-order valence-corrected chi connectivity index (χ2v) is 12.8. The third-order valence-corrected chi connectivity index (χ3v) is 11.6. The molecule has 0 bridgehead atoms. The maximum absolute atomic E-state index is 4.55. The Morgan fingerprint density at radius 2 is 0.941 bits per heavy atom. The Labute approximate surface area is 205 Å². The summed E-state index contributed by atoms with van der Waals surface area (Å²) in [6.45, 7) is 0. The topological polar surface area (TPSA) is 12.9 Å². The third-order valence-electron chi connectivity index (χ3n) is 5.94. The molecule has 34 heavy (non-hydrogen) atoms. The summed E-state index contributed by atoms with van der Waals surface area (Å²) in [5.41, 5.74) is 1.67. The van der Waals surface area contributed by atoms with Gasteiger partial charge in [-0.15, -0.1) is 0 Å². The van der Waals surface area contributed by atoms with Crippen molar-refractivity contribution in [3.63, 3.8) is 0 Å². The van der Waals surface area contributed by atoms with Crippen molar-refractivity contribution in [3.05, 3.63) is 151 Å². The minimum atomic E-state index is -0.628. The predicted molar refractivity (Wildman–Crippen MR) is 150 cm³/mol. The van der Waals surface area contributed by atoms with Gasteiger partial charge in [0.15, 0.2) is 0 Å². The molecule has 5 aromatic rings. The Morgan fingerprint density at radius 3 is 1.35 bits per heavy atom. The van der Waals surface area contributed by atoms with Gasteiger partial charge in [-0.05, 0) is 54.9 Å². The Morgan fingerprint density at radius 1 is 0.500 bits per heavy atom. The van der Waals surface area contributed by atoms with Crippen LogP contribution < -0.4 is 21.2 Å². The van der Waals surface area contributed by atoms with E-state index in [2.05, 4.69) is 145 Å². The molecule has 1 atom stereocenters. The molecule has 4 aromatic carbocycles. The standard InChI is InChI=1S/C31H27NP2/c1-5-15-27(16-6-1)33(28-17-7-2-8-18-28)25-31(26-14-13-23-32-24-26)34(29-19-9-3-10-20-29)30-21-11-4-12-22-30/h1-24,31H,25H2. The van der Waals surface area contributed by atoms with E-state index in [4.69, 9.17) is 0 Å². The van der Waals surface area contributed by atoms with E-state index in [0.29, 0.717) is 5.66 Å². The number of nitrogens with zero attached hydrogens (tertiary/aromatic N) is 1. The number of hydrogen-bond donors (Lipinski definition) is 0. The van der Waals surface area contributed by atoms with Crippen LogP contribution in [0.4, 0.5) is 0 Å². The van der Waals surface area contributed by atoms with Crippen molar-refractivity contribution in [2.75, 3.05) is 6.16 Å². The first-order chi connectivity index (χ1) is 16.9. The van der Waals surface area contributed by atoms with E-state index in [1.165, 1.54) is 26.8 Å². The van der Waals surface area contributed by atoms with E-state index in [9.17, 15) is 0 Å². The average molecular weight is 476 g/mol. The number of rotatable bonds is 8. The van der Waals surface area contributed by atoms with E-state index < -0.39 is 15.8 Å². The zero-order valence-corrected chi connectivity index (χ0v) is 20.8. The summed E-state index contributed by atoms with van der Waals surface area (Å²) >= 11 is 0. The van der Waals surface area contributed by atoms with Gasteiger partial charge in [0.25, 0.3) is 0 Å². The number of pyridine rings is 1. The van der Waals surface area contributed by atoms with Crippen molar-refractivity contribution in [1.29, 1.82) is 0 Å². The maximum Gasteiger partial charge on any atom is 0.0306 e. The van der Waals surface area contributed by atoms with Gasteiger partial charge in [0.05, 0.1) is 0 Å². The fraction of sp³-hybridized carbons (Fsp3) is 0.0645. The van der Waals surface area contributed by atoms with E-state index >= 15 is 0 Å². The normalized spacial score (nSPS) is 12.1. The molecule has 0 saturated heterocycles. The molecule has 0 fully saturated rings. The highest BCUT2D eigenvalue weighted by Gasteiger charge is 2.30. The van der Waals surface area contributed by atoms with Crippen LogP contribution in [0.5, 0.6) is 0 Å². The monoisotopic (exact) mass is 475 g/mol. The number of aromatic nitrogens is 1. The SMILES string of the molecule is c1ccc(P(CC(c2cccnc2)P(c2ccccc2)c2ccccc2)c2ccccc2)cc1. The third kappa shape index (κ3) is 5.34. The van der Waals surface area contributed by atoms with Crippen molar-refractivity contribution >= 4 is 37.1 Å². The Kier molecular flexibility index (Phi) is 7.57. The van der Waals surface area contributed by atoms with Crippen LogP contribution in [0.25, 0.3) is 0 Å². The smallest absolute Gasteiger partial charge is 0.0306 e. The molecule has 1 unspecified atom stereocenters. The van der Waals surface area contributed by atoms with E-state index in [1.54, 1.807) is 0 Å². The van der Waals surface area contributed by atoms with Gasteiger partial charge in [0, 0.05) is 18.1 Å². The fourth-order valence-electron chi connectivity index (χ4n) is 4.34. The molecule has 166 valence electrons. The van der Waals surface area contributed by atoms with Crippen LogP contribution in [0.15, 0.2) is 146 Å². The van der Waals surface area contributed by atoms with Gasteiger partial charge in [-0.3, -0.25) is 4.98 Å². The molecular formula is C31H27NP2. The van der Waals surface area contributed by atoms with E-state index in [0.717, 1.165) is 6.16 Å². The summed E-state index contributed by atoms with van der Waals surface area (Å²) in [7, 11) is -1.17. The van der Waals surface area contributed by atoms with Gasteiger partial charge in [-0.2, -0.15) is 0 Å². The average Bonchev–Trinajstić information content (AvgIpc) is 2.93. The van der Waals surface area contributed by atoms with Gasteiger partial charge >= 0.3 is 0 Å². The largest absolute Gasteiger partial charge is 0.264 e. The van der Waals surface area contributed by atoms with Gasteiger partial charge in [-0.25, -0.2) is 0 Å². The summed E-state index contributed by atoms with van der Waals surface area (Å²) in [5.74, 6) is 0. The van der Waals surface area contributed by atoms with Gasteiger partial charge in [-0.1, -0.05) is 127 Å². The molecule has 1 heterocycles. The van der Waals surface area contributed by atoms with E-state index in [-0.39, 0.29) is 0 Å². The molecule has 0 aliphatic carbocycles. The van der Waals surface area contributed by atoms with E-state index in [1.807, 2.05) is 6.20 Å². The quantitative estimate of drug-likeness (QED) is 0.237. The zero-order chi connectivity index (χ0) is 23.0. The molecule has 0 saturated carbocycles.